The summed E-state index contributed by atoms with van der Waals surface area (Å²) in [7, 11) is 0. The molecule has 0 amide bonds. The Labute approximate surface area is 129 Å². The van der Waals surface area contributed by atoms with E-state index in [0.29, 0.717) is 11.8 Å². The highest BCUT2D eigenvalue weighted by atomic mass is 16.3. The first kappa shape index (κ1) is 13.3. The standard InChI is InChI=1S/C18H19N3O/c1-12(17-4-2-3-14-10-19-20-18(14)17)21-8-7-13-9-16(22)6-5-15(13)11-21/h2-6,9-10,12,22H,7-8,11H2,1H3,(H,19,20). The summed E-state index contributed by atoms with van der Waals surface area (Å²) in [5.74, 6) is 0.363. The fourth-order valence-electron chi connectivity index (χ4n) is 3.43. The SMILES string of the molecule is CC(c1cccc2cn[nH]c12)N1CCc2cc(O)ccc2C1. The topological polar surface area (TPSA) is 52.2 Å². The maximum atomic E-state index is 9.61. The number of H-pyrrole nitrogens is 1. The van der Waals surface area contributed by atoms with Gasteiger partial charge in [-0.05, 0) is 42.2 Å². The van der Waals surface area contributed by atoms with Crippen molar-refractivity contribution in [2.75, 3.05) is 6.54 Å². The van der Waals surface area contributed by atoms with Crippen LogP contribution < -0.4 is 0 Å². The number of para-hydroxylation sites is 1. The maximum absolute atomic E-state index is 9.61. The van der Waals surface area contributed by atoms with Gasteiger partial charge in [-0.25, -0.2) is 0 Å². The maximum Gasteiger partial charge on any atom is 0.115 e. The number of aromatic nitrogens is 2. The van der Waals surface area contributed by atoms with Gasteiger partial charge in [-0.3, -0.25) is 10.00 Å². The molecule has 3 aromatic rings. The molecular weight excluding hydrogens is 274 g/mol. The minimum Gasteiger partial charge on any atom is -0.508 e. The van der Waals surface area contributed by atoms with Crippen LogP contribution in [0.25, 0.3) is 10.9 Å². The molecule has 1 atom stereocenters. The third-order valence-electron chi connectivity index (χ3n) is 4.74. The molecule has 0 bridgehead atoms. The summed E-state index contributed by atoms with van der Waals surface area (Å²) in [6, 6.07) is 12.4. The van der Waals surface area contributed by atoms with Crippen molar-refractivity contribution in [2.45, 2.75) is 25.9 Å². The summed E-state index contributed by atoms with van der Waals surface area (Å²) in [6.45, 7) is 4.17. The fraction of sp³-hybridized carbons (Fsp3) is 0.278. The van der Waals surface area contributed by atoms with Crippen LogP contribution in [0.15, 0.2) is 42.6 Å². The molecule has 0 radical (unpaired) electrons. The second-order valence-corrected chi connectivity index (χ2v) is 6.03. The summed E-state index contributed by atoms with van der Waals surface area (Å²) < 4.78 is 0. The van der Waals surface area contributed by atoms with E-state index in [-0.39, 0.29) is 0 Å². The number of aromatic amines is 1. The predicted molar refractivity (Wildman–Crippen MR) is 86.7 cm³/mol. The molecule has 0 saturated carbocycles. The van der Waals surface area contributed by atoms with Crippen molar-refractivity contribution >= 4 is 10.9 Å². The van der Waals surface area contributed by atoms with Crippen LogP contribution in [0.5, 0.6) is 5.75 Å². The lowest BCUT2D eigenvalue weighted by Gasteiger charge is -2.34. The zero-order valence-corrected chi connectivity index (χ0v) is 12.6. The number of benzene rings is 2. The Kier molecular flexibility index (Phi) is 3.12. The lowest BCUT2D eigenvalue weighted by Crippen LogP contribution is -2.32. The third-order valence-corrected chi connectivity index (χ3v) is 4.74. The van der Waals surface area contributed by atoms with E-state index < -0.39 is 0 Å². The van der Waals surface area contributed by atoms with Crippen LogP contribution in [0.4, 0.5) is 0 Å². The number of aromatic hydroxyl groups is 1. The van der Waals surface area contributed by atoms with E-state index in [9.17, 15) is 5.11 Å². The van der Waals surface area contributed by atoms with Gasteiger partial charge in [0.1, 0.15) is 5.75 Å². The predicted octanol–water partition coefficient (Wildman–Crippen LogP) is 3.39. The van der Waals surface area contributed by atoms with Crippen LogP contribution in [0.3, 0.4) is 0 Å². The second kappa shape index (κ2) is 5.14. The Hall–Kier alpha value is -2.33. The first-order chi connectivity index (χ1) is 10.7. The Balaban J connectivity index is 1.65. The van der Waals surface area contributed by atoms with E-state index in [1.165, 1.54) is 16.7 Å². The molecule has 2 aromatic carbocycles. The van der Waals surface area contributed by atoms with Crippen molar-refractivity contribution in [3.05, 3.63) is 59.3 Å². The highest BCUT2D eigenvalue weighted by Crippen LogP contribution is 2.31. The van der Waals surface area contributed by atoms with Gasteiger partial charge in [-0.15, -0.1) is 0 Å². The monoisotopic (exact) mass is 293 g/mol. The minimum atomic E-state index is 0.325. The summed E-state index contributed by atoms with van der Waals surface area (Å²) in [4.78, 5) is 2.48. The summed E-state index contributed by atoms with van der Waals surface area (Å²) in [5, 5.41) is 18.1. The van der Waals surface area contributed by atoms with E-state index in [1.54, 1.807) is 6.07 Å². The zero-order chi connectivity index (χ0) is 15.1. The number of rotatable bonds is 2. The normalized spacial score (nSPS) is 16.6. The van der Waals surface area contributed by atoms with Crippen LogP contribution in [0, 0.1) is 0 Å². The van der Waals surface area contributed by atoms with Gasteiger partial charge in [0.05, 0.1) is 11.7 Å². The van der Waals surface area contributed by atoms with Gasteiger partial charge < -0.3 is 5.11 Å². The van der Waals surface area contributed by atoms with E-state index >= 15 is 0 Å². The molecule has 1 aliphatic heterocycles. The molecule has 4 heteroatoms. The largest absolute Gasteiger partial charge is 0.508 e. The van der Waals surface area contributed by atoms with Crippen LogP contribution >= 0.6 is 0 Å². The van der Waals surface area contributed by atoms with Crippen molar-refractivity contribution < 1.29 is 5.11 Å². The van der Waals surface area contributed by atoms with Crippen molar-refractivity contribution in [3.63, 3.8) is 0 Å². The van der Waals surface area contributed by atoms with Crippen molar-refractivity contribution in [3.8, 4) is 5.75 Å². The van der Waals surface area contributed by atoms with Gasteiger partial charge >= 0.3 is 0 Å². The number of nitrogens with one attached hydrogen (secondary N) is 1. The van der Waals surface area contributed by atoms with Gasteiger partial charge in [0, 0.05) is 24.5 Å². The molecule has 2 N–H and O–H groups in total. The summed E-state index contributed by atoms with van der Waals surface area (Å²) in [6.07, 6.45) is 2.85. The quantitative estimate of drug-likeness (QED) is 0.761. The van der Waals surface area contributed by atoms with E-state index in [0.717, 1.165) is 30.4 Å². The van der Waals surface area contributed by atoms with Gasteiger partial charge in [0.15, 0.2) is 0 Å². The van der Waals surface area contributed by atoms with Crippen molar-refractivity contribution in [2.24, 2.45) is 0 Å². The van der Waals surface area contributed by atoms with Gasteiger partial charge in [0.25, 0.3) is 0 Å². The summed E-state index contributed by atoms with van der Waals surface area (Å²) in [5.41, 5.74) is 5.00. The molecule has 2 heterocycles. The fourth-order valence-corrected chi connectivity index (χ4v) is 3.43. The average Bonchev–Trinajstić information content (AvgIpc) is 3.02. The number of phenolic OH excluding ortho intramolecular Hbond substituents is 1. The Morgan fingerprint density at radius 1 is 1.23 bits per heavy atom. The first-order valence-electron chi connectivity index (χ1n) is 7.69. The van der Waals surface area contributed by atoms with Crippen LogP contribution in [0.1, 0.15) is 29.7 Å². The number of nitrogens with zero attached hydrogens (tertiary/aromatic N) is 2. The van der Waals surface area contributed by atoms with E-state index in [4.69, 9.17) is 0 Å². The molecule has 0 saturated heterocycles. The molecule has 4 nitrogen and oxygen atoms in total. The van der Waals surface area contributed by atoms with Gasteiger partial charge in [0.2, 0.25) is 0 Å². The molecule has 0 aliphatic carbocycles. The minimum absolute atomic E-state index is 0.325. The van der Waals surface area contributed by atoms with Crippen molar-refractivity contribution in [1.82, 2.24) is 15.1 Å². The Bertz CT molecular complexity index is 824. The third kappa shape index (κ3) is 2.16. The second-order valence-electron chi connectivity index (χ2n) is 6.03. The molecule has 4 rings (SSSR count). The Morgan fingerprint density at radius 3 is 3.05 bits per heavy atom. The molecule has 1 aliphatic rings. The molecule has 0 spiro atoms. The molecule has 0 fully saturated rings. The van der Waals surface area contributed by atoms with Crippen LogP contribution in [0.2, 0.25) is 0 Å². The lowest BCUT2D eigenvalue weighted by atomic mass is 9.96. The highest BCUT2D eigenvalue weighted by molar-refractivity contribution is 5.81. The van der Waals surface area contributed by atoms with Crippen molar-refractivity contribution in [1.29, 1.82) is 0 Å². The van der Waals surface area contributed by atoms with E-state index in [2.05, 4.69) is 40.2 Å². The van der Waals surface area contributed by atoms with Gasteiger partial charge in [-0.2, -0.15) is 5.10 Å². The van der Waals surface area contributed by atoms with Crippen LogP contribution in [-0.4, -0.2) is 26.7 Å². The molecule has 1 unspecified atom stereocenters. The van der Waals surface area contributed by atoms with Gasteiger partial charge in [-0.1, -0.05) is 24.3 Å². The number of hydrogen-bond donors (Lipinski definition) is 2. The zero-order valence-electron chi connectivity index (χ0n) is 12.6. The molecule has 1 aromatic heterocycles. The first-order valence-corrected chi connectivity index (χ1v) is 7.69. The lowest BCUT2D eigenvalue weighted by molar-refractivity contribution is 0.193. The van der Waals surface area contributed by atoms with Crippen LogP contribution in [-0.2, 0) is 13.0 Å². The number of hydrogen-bond acceptors (Lipinski definition) is 3. The smallest absolute Gasteiger partial charge is 0.115 e. The number of phenols is 1. The highest BCUT2D eigenvalue weighted by Gasteiger charge is 2.23. The molecule has 112 valence electrons. The molecule has 22 heavy (non-hydrogen) atoms. The average molecular weight is 293 g/mol. The Morgan fingerprint density at radius 2 is 2.14 bits per heavy atom. The molecular formula is C18H19N3O. The number of fused-ring (bicyclic) bond motifs is 2. The van der Waals surface area contributed by atoms with E-state index in [1.807, 2.05) is 18.3 Å². The summed E-state index contributed by atoms with van der Waals surface area (Å²) >= 11 is 0.